The van der Waals surface area contributed by atoms with Gasteiger partial charge in [-0.05, 0) is 40.3 Å². The summed E-state index contributed by atoms with van der Waals surface area (Å²) in [6.07, 6.45) is 8.45. The highest BCUT2D eigenvalue weighted by molar-refractivity contribution is 4.94. The highest BCUT2D eigenvalue weighted by Crippen LogP contribution is 2.27. The second-order valence-corrected chi connectivity index (χ2v) is 7.43. The molecule has 2 rings (SSSR count). The third kappa shape index (κ3) is 3.96. The minimum atomic E-state index is 0.317. The van der Waals surface area contributed by atoms with Crippen LogP contribution in [0, 0.1) is 0 Å². The van der Waals surface area contributed by atoms with Gasteiger partial charge in [-0.25, -0.2) is 0 Å². The zero-order valence-corrected chi connectivity index (χ0v) is 14.1. The van der Waals surface area contributed by atoms with Crippen molar-refractivity contribution in [3.05, 3.63) is 0 Å². The Hall–Kier alpha value is -0.120. The van der Waals surface area contributed by atoms with Crippen LogP contribution in [0.25, 0.3) is 0 Å². The summed E-state index contributed by atoms with van der Waals surface area (Å²) >= 11 is 0. The first-order valence-corrected chi connectivity index (χ1v) is 8.73. The highest BCUT2D eigenvalue weighted by Gasteiger charge is 2.36. The summed E-state index contributed by atoms with van der Waals surface area (Å²) in [7, 11) is 2.28. The van der Waals surface area contributed by atoms with Crippen molar-refractivity contribution in [2.24, 2.45) is 0 Å². The molecule has 0 radical (unpaired) electrons. The van der Waals surface area contributed by atoms with E-state index < -0.39 is 0 Å². The number of nitrogens with one attached hydrogen (secondary N) is 1. The first kappa shape index (κ1) is 16.3. The van der Waals surface area contributed by atoms with Crippen LogP contribution in [0.15, 0.2) is 0 Å². The molecule has 0 amide bonds. The number of rotatable bonds is 3. The summed E-state index contributed by atoms with van der Waals surface area (Å²) in [6.45, 7) is 11.8. The molecule has 3 nitrogen and oxygen atoms in total. The minimum absolute atomic E-state index is 0.317. The summed E-state index contributed by atoms with van der Waals surface area (Å²) in [5, 5.41) is 3.78. The van der Waals surface area contributed by atoms with Crippen LogP contribution in [-0.4, -0.2) is 60.6 Å². The fourth-order valence-electron chi connectivity index (χ4n) is 3.96. The smallest absolute Gasteiger partial charge is 0.0277 e. The third-order valence-corrected chi connectivity index (χ3v) is 5.51. The van der Waals surface area contributed by atoms with Crippen molar-refractivity contribution in [2.75, 3.05) is 33.2 Å². The highest BCUT2D eigenvalue weighted by atomic mass is 15.3. The summed E-state index contributed by atoms with van der Waals surface area (Å²) in [5.74, 6) is 0. The lowest BCUT2D eigenvalue weighted by atomic mass is 9.88. The number of hydrogen-bond donors (Lipinski definition) is 1. The van der Waals surface area contributed by atoms with Gasteiger partial charge in [0.1, 0.15) is 0 Å². The van der Waals surface area contributed by atoms with Gasteiger partial charge in [0.2, 0.25) is 0 Å². The topological polar surface area (TPSA) is 18.5 Å². The molecular weight excluding hydrogens is 246 g/mol. The Balaban J connectivity index is 2.05. The molecule has 20 heavy (non-hydrogen) atoms. The van der Waals surface area contributed by atoms with E-state index in [1.807, 2.05) is 0 Å². The molecule has 0 aromatic rings. The second kappa shape index (κ2) is 7.24. The van der Waals surface area contributed by atoms with Crippen molar-refractivity contribution in [1.29, 1.82) is 0 Å². The van der Waals surface area contributed by atoms with E-state index in [1.165, 1.54) is 58.2 Å². The van der Waals surface area contributed by atoms with Crippen molar-refractivity contribution in [1.82, 2.24) is 15.1 Å². The number of nitrogens with zero attached hydrogens (tertiary/aromatic N) is 2. The summed E-state index contributed by atoms with van der Waals surface area (Å²) in [6, 6.07) is 1.46. The van der Waals surface area contributed by atoms with E-state index in [2.05, 4.69) is 42.9 Å². The molecule has 0 aromatic heterocycles. The first-order valence-electron chi connectivity index (χ1n) is 8.73. The van der Waals surface area contributed by atoms with Gasteiger partial charge in [0.25, 0.3) is 0 Å². The van der Waals surface area contributed by atoms with Gasteiger partial charge >= 0.3 is 0 Å². The Labute approximate surface area is 126 Å². The molecule has 2 aliphatic rings. The average Bonchev–Trinajstić information content (AvgIpc) is 2.37. The Morgan fingerprint density at radius 2 is 1.75 bits per heavy atom. The van der Waals surface area contributed by atoms with Gasteiger partial charge < -0.3 is 5.32 Å². The first-order chi connectivity index (χ1) is 9.54. The monoisotopic (exact) mass is 281 g/mol. The lowest BCUT2D eigenvalue weighted by molar-refractivity contribution is 0.00223. The van der Waals surface area contributed by atoms with Crippen molar-refractivity contribution in [3.8, 4) is 0 Å². The van der Waals surface area contributed by atoms with E-state index >= 15 is 0 Å². The number of piperazine rings is 1. The normalized spacial score (nSPS) is 33.6. The van der Waals surface area contributed by atoms with Gasteiger partial charge in [-0.3, -0.25) is 9.80 Å². The van der Waals surface area contributed by atoms with Gasteiger partial charge in [0.05, 0.1) is 0 Å². The molecule has 1 aliphatic carbocycles. The Kier molecular flexibility index (Phi) is 5.88. The van der Waals surface area contributed by atoms with E-state index in [0.29, 0.717) is 11.6 Å². The maximum absolute atomic E-state index is 3.78. The van der Waals surface area contributed by atoms with Gasteiger partial charge in [-0.15, -0.1) is 0 Å². The van der Waals surface area contributed by atoms with Gasteiger partial charge in [0.15, 0.2) is 0 Å². The lowest BCUT2D eigenvalue weighted by Crippen LogP contribution is -2.63. The molecule has 118 valence electrons. The van der Waals surface area contributed by atoms with Gasteiger partial charge in [0, 0.05) is 37.3 Å². The predicted octanol–water partition coefficient (Wildman–Crippen LogP) is 2.71. The molecular formula is C17H35N3. The van der Waals surface area contributed by atoms with Crippen molar-refractivity contribution >= 4 is 0 Å². The molecule has 3 heteroatoms. The zero-order chi connectivity index (χ0) is 14.6. The standard InChI is InChI=1S/C17H35N3/c1-5-18-15-10-8-6-7-9-11-16(15)20-13-12-19(4)17(2,3)14-20/h15-16,18H,5-14H2,1-4H3. The molecule has 2 atom stereocenters. The second-order valence-electron chi connectivity index (χ2n) is 7.43. The lowest BCUT2D eigenvalue weighted by Gasteiger charge is -2.50. The maximum Gasteiger partial charge on any atom is 0.0277 e. The number of hydrogen-bond acceptors (Lipinski definition) is 3. The molecule has 1 aliphatic heterocycles. The molecule has 1 saturated carbocycles. The molecule has 2 unspecified atom stereocenters. The van der Waals surface area contributed by atoms with Crippen LogP contribution in [0.3, 0.4) is 0 Å². The Morgan fingerprint density at radius 1 is 1.05 bits per heavy atom. The molecule has 1 saturated heterocycles. The maximum atomic E-state index is 3.78. The van der Waals surface area contributed by atoms with Crippen molar-refractivity contribution in [3.63, 3.8) is 0 Å². The molecule has 0 aromatic carbocycles. The van der Waals surface area contributed by atoms with E-state index in [-0.39, 0.29) is 0 Å². The van der Waals surface area contributed by atoms with E-state index in [1.54, 1.807) is 0 Å². The quantitative estimate of drug-likeness (QED) is 0.858. The van der Waals surface area contributed by atoms with Crippen LogP contribution < -0.4 is 5.32 Å². The van der Waals surface area contributed by atoms with Crippen LogP contribution in [0.5, 0.6) is 0 Å². The van der Waals surface area contributed by atoms with Gasteiger partial charge in [-0.1, -0.05) is 32.6 Å². The van der Waals surface area contributed by atoms with Crippen molar-refractivity contribution < 1.29 is 0 Å². The summed E-state index contributed by atoms with van der Waals surface area (Å²) in [4.78, 5) is 5.31. The summed E-state index contributed by atoms with van der Waals surface area (Å²) < 4.78 is 0. The zero-order valence-electron chi connectivity index (χ0n) is 14.1. The van der Waals surface area contributed by atoms with Crippen LogP contribution >= 0.6 is 0 Å². The fourth-order valence-corrected chi connectivity index (χ4v) is 3.96. The minimum Gasteiger partial charge on any atom is -0.313 e. The molecule has 1 heterocycles. The predicted molar refractivity (Wildman–Crippen MR) is 87.2 cm³/mol. The van der Waals surface area contributed by atoms with Crippen LogP contribution in [0.1, 0.15) is 59.3 Å². The van der Waals surface area contributed by atoms with Crippen LogP contribution in [0.4, 0.5) is 0 Å². The molecule has 0 bridgehead atoms. The largest absolute Gasteiger partial charge is 0.313 e. The van der Waals surface area contributed by atoms with Crippen LogP contribution in [0.2, 0.25) is 0 Å². The van der Waals surface area contributed by atoms with Gasteiger partial charge in [-0.2, -0.15) is 0 Å². The molecule has 1 N–H and O–H groups in total. The number of likely N-dealkylation sites (N-methyl/N-ethyl adjacent to an activating group) is 2. The molecule has 0 spiro atoms. The SMILES string of the molecule is CCNC1CCCCCCC1N1CCN(C)C(C)(C)C1. The summed E-state index contributed by atoms with van der Waals surface area (Å²) in [5.41, 5.74) is 0.317. The Bertz CT molecular complexity index is 290. The van der Waals surface area contributed by atoms with Crippen LogP contribution in [-0.2, 0) is 0 Å². The van der Waals surface area contributed by atoms with Crippen molar-refractivity contribution in [2.45, 2.75) is 76.9 Å². The Morgan fingerprint density at radius 3 is 2.40 bits per heavy atom. The molecule has 2 fully saturated rings. The third-order valence-electron chi connectivity index (χ3n) is 5.51. The average molecular weight is 281 g/mol. The van der Waals surface area contributed by atoms with E-state index in [4.69, 9.17) is 0 Å². The fraction of sp³-hybridized carbons (Fsp3) is 1.00. The van der Waals surface area contributed by atoms with E-state index in [9.17, 15) is 0 Å². The van der Waals surface area contributed by atoms with E-state index in [0.717, 1.165) is 12.6 Å².